The van der Waals surface area contributed by atoms with Gasteiger partial charge in [0.15, 0.2) is 0 Å². The molecule has 0 bridgehead atoms. The summed E-state index contributed by atoms with van der Waals surface area (Å²) in [6, 6.07) is 14.1. The van der Waals surface area contributed by atoms with Gasteiger partial charge in [-0.3, -0.25) is 0 Å². The van der Waals surface area contributed by atoms with Crippen LogP contribution in [0.25, 0.3) is 0 Å². The zero-order valence-corrected chi connectivity index (χ0v) is 11.6. The number of anilines is 1. The van der Waals surface area contributed by atoms with Crippen LogP contribution in [0.5, 0.6) is 11.5 Å². The van der Waals surface area contributed by atoms with Crippen LogP contribution < -0.4 is 14.8 Å². The van der Waals surface area contributed by atoms with Gasteiger partial charge in [-0.15, -0.1) is 0 Å². The fourth-order valence-corrected chi connectivity index (χ4v) is 2.03. The summed E-state index contributed by atoms with van der Waals surface area (Å²) in [4.78, 5) is 0. The van der Waals surface area contributed by atoms with Gasteiger partial charge in [-0.25, -0.2) is 0 Å². The van der Waals surface area contributed by atoms with E-state index in [1.807, 2.05) is 42.5 Å². The van der Waals surface area contributed by atoms with E-state index in [1.54, 1.807) is 14.2 Å². The lowest BCUT2D eigenvalue weighted by Gasteiger charge is -2.15. The molecule has 0 aliphatic rings. The average Bonchev–Trinajstić information content (AvgIpc) is 2.46. The number of hydrogen-bond donors (Lipinski definition) is 1. The lowest BCUT2D eigenvalue weighted by molar-refractivity contribution is 0.391. The van der Waals surface area contributed by atoms with Crippen molar-refractivity contribution in [2.45, 2.75) is 13.5 Å². The highest BCUT2D eigenvalue weighted by Crippen LogP contribution is 2.29. The first-order valence-corrected chi connectivity index (χ1v) is 6.25. The Bertz CT molecular complexity index is 538. The molecule has 3 nitrogen and oxygen atoms in total. The molecule has 0 saturated carbocycles. The minimum atomic E-state index is 0.725. The minimum absolute atomic E-state index is 0.725. The van der Waals surface area contributed by atoms with Gasteiger partial charge in [0, 0.05) is 23.9 Å². The smallest absolute Gasteiger partial charge is 0.127 e. The third-order valence-electron chi connectivity index (χ3n) is 3.10. The lowest BCUT2D eigenvalue weighted by Crippen LogP contribution is -2.04. The summed E-state index contributed by atoms with van der Waals surface area (Å²) in [5.41, 5.74) is 3.39. The first-order valence-electron chi connectivity index (χ1n) is 6.25. The van der Waals surface area contributed by atoms with E-state index in [0.29, 0.717) is 0 Å². The predicted octanol–water partition coefficient (Wildman–Crippen LogP) is 3.62. The monoisotopic (exact) mass is 257 g/mol. The number of methoxy groups -OCH3 is 2. The summed E-state index contributed by atoms with van der Waals surface area (Å²) in [6.07, 6.45) is 0. The van der Waals surface area contributed by atoms with Gasteiger partial charge < -0.3 is 14.8 Å². The summed E-state index contributed by atoms with van der Waals surface area (Å²) in [5, 5.41) is 3.39. The molecule has 0 radical (unpaired) electrons. The SMILES string of the molecule is COc1cc(C)c(CNc2ccccc2)c(OC)c1. The molecule has 0 unspecified atom stereocenters. The maximum Gasteiger partial charge on any atom is 0.127 e. The van der Waals surface area contributed by atoms with Crippen molar-refractivity contribution in [1.82, 2.24) is 0 Å². The molecule has 100 valence electrons. The van der Waals surface area contributed by atoms with Gasteiger partial charge >= 0.3 is 0 Å². The molecule has 2 aromatic rings. The number of benzene rings is 2. The minimum Gasteiger partial charge on any atom is -0.497 e. The Balaban J connectivity index is 2.20. The first kappa shape index (κ1) is 13.3. The van der Waals surface area contributed by atoms with Crippen molar-refractivity contribution in [1.29, 1.82) is 0 Å². The van der Waals surface area contributed by atoms with Crippen LogP contribution in [-0.2, 0) is 6.54 Å². The van der Waals surface area contributed by atoms with Crippen molar-refractivity contribution in [2.75, 3.05) is 19.5 Å². The molecule has 0 aliphatic heterocycles. The van der Waals surface area contributed by atoms with Crippen LogP contribution >= 0.6 is 0 Å². The molecule has 19 heavy (non-hydrogen) atoms. The average molecular weight is 257 g/mol. The van der Waals surface area contributed by atoms with E-state index in [2.05, 4.69) is 12.2 Å². The van der Waals surface area contributed by atoms with Crippen LogP contribution in [0.2, 0.25) is 0 Å². The largest absolute Gasteiger partial charge is 0.497 e. The maximum absolute atomic E-state index is 5.44. The zero-order chi connectivity index (χ0) is 13.7. The molecule has 0 spiro atoms. The number of nitrogens with one attached hydrogen (secondary N) is 1. The summed E-state index contributed by atoms with van der Waals surface area (Å²) in [5.74, 6) is 1.66. The molecule has 3 heteroatoms. The van der Waals surface area contributed by atoms with Crippen LogP contribution in [0.3, 0.4) is 0 Å². The lowest BCUT2D eigenvalue weighted by atomic mass is 10.1. The van der Waals surface area contributed by atoms with E-state index in [4.69, 9.17) is 9.47 Å². The fraction of sp³-hybridized carbons (Fsp3) is 0.250. The van der Waals surface area contributed by atoms with Crippen LogP contribution in [0.1, 0.15) is 11.1 Å². The van der Waals surface area contributed by atoms with E-state index in [-0.39, 0.29) is 0 Å². The molecule has 0 saturated heterocycles. The summed E-state index contributed by atoms with van der Waals surface area (Å²) in [6.45, 7) is 2.79. The van der Waals surface area contributed by atoms with Crippen molar-refractivity contribution in [3.05, 3.63) is 53.6 Å². The van der Waals surface area contributed by atoms with Gasteiger partial charge in [-0.1, -0.05) is 18.2 Å². The second-order valence-electron chi connectivity index (χ2n) is 4.34. The van der Waals surface area contributed by atoms with Crippen LogP contribution in [0.4, 0.5) is 5.69 Å². The zero-order valence-electron chi connectivity index (χ0n) is 11.6. The molecule has 0 atom stereocenters. The Labute approximate surface area is 114 Å². The molecule has 0 amide bonds. The second-order valence-corrected chi connectivity index (χ2v) is 4.34. The van der Waals surface area contributed by atoms with Crippen LogP contribution in [-0.4, -0.2) is 14.2 Å². The van der Waals surface area contributed by atoms with Gasteiger partial charge in [0.25, 0.3) is 0 Å². The van der Waals surface area contributed by atoms with E-state index in [0.717, 1.165) is 34.9 Å². The second kappa shape index (κ2) is 6.14. The van der Waals surface area contributed by atoms with Crippen LogP contribution in [0.15, 0.2) is 42.5 Å². The van der Waals surface area contributed by atoms with Crippen molar-refractivity contribution < 1.29 is 9.47 Å². The molecule has 0 aromatic heterocycles. The fourth-order valence-electron chi connectivity index (χ4n) is 2.03. The summed E-state index contributed by atoms with van der Waals surface area (Å²) < 4.78 is 10.7. The Morgan fingerprint density at radius 2 is 1.74 bits per heavy atom. The number of para-hydroxylation sites is 1. The maximum atomic E-state index is 5.44. The van der Waals surface area contributed by atoms with Gasteiger partial charge in [0.1, 0.15) is 11.5 Å². The molecule has 2 rings (SSSR count). The summed E-state index contributed by atoms with van der Waals surface area (Å²) >= 11 is 0. The molecule has 2 aromatic carbocycles. The summed E-state index contributed by atoms with van der Waals surface area (Å²) in [7, 11) is 3.34. The highest BCUT2D eigenvalue weighted by Gasteiger charge is 2.09. The highest BCUT2D eigenvalue weighted by molar-refractivity contribution is 5.49. The predicted molar refractivity (Wildman–Crippen MR) is 78.1 cm³/mol. The highest BCUT2D eigenvalue weighted by atomic mass is 16.5. The van der Waals surface area contributed by atoms with E-state index < -0.39 is 0 Å². The van der Waals surface area contributed by atoms with E-state index >= 15 is 0 Å². The third-order valence-corrected chi connectivity index (χ3v) is 3.10. The number of hydrogen-bond acceptors (Lipinski definition) is 3. The van der Waals surface area contributed by atoms with Gasteiger partial charge in [-0.2, -0.15) is 0 Å². The Kier molecular flexibility index (Phi) is 4.29. The van der Waals surface area contributed by atoms with Crippen molar-refractivity contribution >= 4 is 5.69 Å². The van der Waals surface area contributed by atoms with Crippen molar-refractivity contribution in [2.24, 2.45) is 0 Å². The quantitative estimate of drug-likeness (QED) is 0.887. The first-order chi connectivity index (χ1) is 9.24. The van der Waals surface area contributed by atoms with Gasteiger partial charge in [0.2, 0.25) is 0 Å². The molecule has 1 N–H and O–H groups in total. The van der Waals surface area contributed by atoms with Crippen LogP contribution in [0, 0.1) is 6.92 Å². The third kappa shape index (κ3) is 3.19. The van der Waals surface area contributed by atoms with E-state index in [9.17, 15) is 0 Å². The van der Waals surface area contributed by atoms with E-state index in [1.165, 1.54) is 0 Å². The Morgan fingerprint density at radius 3 is 2.37 bits per heavy atom. The van der Waals surface area contributed by atoms with Gasteiger partial charge in [-0.05, 0) is 30.7 Å². The molecule has 0 fully saturated rings. The van der Waals surface area contributed by atoms with Crippen molar-refractivity contribution in [3.63, 3.8) is 0 Å². The Morgan fingerprint density at radius 1 is 1.00 bits per heavy atom. The molecular formula is C16H19NO2. The molecule has 0 heterocycles. The normalized spacial score (nSPS) is 10.1. The molecule has 0 aliphatic carbocycles. The molecular weight excluding hydrogens is 238 g/mol. The Hall–Kier alpha value is -2.16. The standard InChI is InChI=1S/C16H19NO2/c1-12-9-14(18-2)10-16(19-3)15(12)11-17-13-7-5-4-6-8-13/h4-10,17H,11H2,1-3H3. The van der Waals surface area contributed by atoms with Crippen molar-refractivity contribution in [3.8, 4) is 11.5 Å². The number of aryl methyl sites for hydroxylation is 1. The number of rotatable bonds is 5. The number of ether oxygens (including phenoxy) is 2. The topological polar surface area (TPSA) is 30.5 Å². The van der Waals surface area contributed by atoms with Gasteiger partial charge in [0.05, 0.1) is 14.2 Å².